The number of rotatable bonds is 10. The Morgan fingerprint density at radius 3 is 2.21 bits per heavy atom. The molecule has 0 bridgehead atoms. The van der Waals surface area contributed by atoms with Gasteiger partial charge in [0, 0.05) is 0 Å². The Morgan fingerprint density at radius 1 is 1.03 bits per heavy atom. The summed E-state index contributed by atoms with van der Waals surface area (Å²) in [7, 11) is -9.42. The van der Waals surface area contributed by atoms with Crippen LogP contribution in [0.25, 0.3) is 0 Å². The maximum atomic E-state index is 12.8. The maximum absolute atomic E-state index is 12.8. The van der Waals surface area contributed by atoms with Crippen molar-refractivity contribution in [1.29, 1.82) is 0 Å². The molecule has 0 aliphatic carbocycles. The van der Waals surface area contributed by atoms with Crippen molar-refractivity contribution in [3.8, 4) is 9.85 Å². The van der Waals surface area contributed by atoms with Crippen molar-refractivity contribution in [2.45, 2.75) is 43.5 Å². The molecule has 1 atom stereocenters. The summed E-state index contributed by atoms with van der Waals surface area (Å²) in [6.45, 7) is 3.85. The quantitative estimate of drug-likeness (QED) is 0.169. The summed E-state index contributed by atoms with van der Waals surface area (Å²) in [5.41, 5.74) is -4.59. The molecule has 0 aliphatic heterocycles. The number of hydrogen-bond donors (Lipinski definition) is 1. The first kappa shape index (κ1) is 28.6. The SMILES string of the molecule is CCC(C#CI(OS(=O)(=O)C(F)(F)F)c1ccccc1)CCCNS(=O)(=O)c1ccc(C)cc1. The van der Waals surface area contributed by atoms with Gasteiger partial charge < -0.3 is 0 Å². The van der Waals surface area contributed by atoms with Crippen LogP contribution >= 0.6 is 20.2 Å². The number of aryl methyl sites for hydroxylation is 1. The number of halogens is 4. The van der Waals surface area contributed by atoms with Crippen LogP contribution in [0.1, 0.15) is 31.7 Å². The van der Waals surface area contributed by atoms with Crippen LogP contribution in [0.15, 0.2) is 59.5 Å². The molecular formula is C22H25F3INO5S2. The molecule has 0 saturated carbocycles. The van der Waals surface area contributed by atoms with Gasteiger partial charge in [-0.25, -0.2) is 0 Å². The third-order valence-corrected chi connectivity index (χ3v) is 12.0. The second kappa shape index (κ2) is 12.3. The fourth-order valence-corrected chi connectivity index (χ4v) is 9.06. The van der Waals surface area contributed by atoms with E-state index >= 15 is 0 Å². The molecule has 0 saturated heterocycles. The number of benzene rings is 2. The van der Waals surface area contributed by atoms with Gasteiger partial charge in [-0.15, -0.1) is 0 Å². The van der Waals surface area contributed by atoms with Crippen LogP contribution in [0.5, 0.6) is 0 Å². The molecule has 0 fully saturated rings. The summed E-state index contributed by atoms with van der Waals surface area (Å²) in [5, 5.41) is 0. The van der Waals surface area contributed by atoms with Gasteiger partial charge in [0.15, 0.2) is 0 Å². The van der Waals surface area contributed by atoms with Gasteiger partial charge in [0.1, 0.15) is 0 Å². The number of hydrogen-bond acceptors (Lipinski definition) is 5. The fraction of sp³-hybridized carbons (Fsp3) is 0.364. The van der Waals surface area contributed by atoms with Crippen molar-refractivity contribution < 1.29 is 32.5 Å². The zero-order valence-electron chi connectivity index (χ0n) is 18.5. The van der Waals surface area contributed by atoms with Gasteiger partial charge in [-0.05, 0) is 6.92 Å². The van der Waals surface area contributed by atoms with E-state index in [2.05, 4.69) is 17.1 Å². The molecule has 0 aromatic heterocycles. The molecule has 12 heteroatoms. The zero-order chi connectivity index (χ0) is 25.4. The van der Waals surface area contributed by atoms with Gasteiger partial charge in [0.25, 0.3) is 0 Å². The minimum atomic E-state index is -5.78. The normalized spacial score (nSPS) is 13.6. The molecule has 188 valence electrons. The molecule has 0 amide bonds. The average molecular weight is 631 g/mol. The summed E-state index contributed by atoms with van der Waals surface area (Å²) in [6.07, 6.45) is 1.48. The van der Waals surface area contributed by atoms with E-state index in [1.165, 1.54) is 24.3 Å². The number of alkyl halides is 3. The standard InChI is InChI=1S/C22H25F3INO5S2/c1-3-19(8-7-17-27-33(28,29)21-13-11-18(2)12-14-21)15-16-26(20-9-5-4-6-10-20)32-34(30,31)22(23,24)25/h4-6,9-14,19,27H,3,7-8,17H2,1-2H3. The van der Waals surface area contributed by atoms with Crippen LogP contribution in [-0.4, -0.2) is 28.9 Å². The van der Waals surface area contributed by atoms with Crippen molar-refractivity contribution in [2.24, 2.45) is 5.92 Å². The Hall–Kier alpha value is -1.66. The van der Waals surface area contributed by atoms with Gasteiger partial charge in [0.2, 0.25) is 0 Å². The fourth-order valence-electron chi connectivity index (χ4n) is 2.62. The molecule has 34 heavy (non-hydrogen) atoms. The monoisotopic (exact) mass is 631 g/mol. The van der Waals surface area contributed by atoms with Crippen molar-refractivity contribution in [1.82, 2.24) is 4.72 Å². The summed E-state index contributed by atoms with van der Waals surface area (Å²) < 4.78 is 96.3. The van der Waals surface area contributed by atoms with E-state index in [1.807, 2.05) is 13.8 Å². The first-order chi connectivity index (χ1) is 15.9. The summed E-state index contributed by atoms with van der Waals surface area (Å²) in [6, 6.07) is 14.2. The van der Waals surface area contributed by atoms with E-state index in [4.69, 9.17) is 0 Å². The molecule has 2 rings (SSSR count). The van der Waals surface area contributed by atoms with E-state index in [9.17, 15) is 30.0 Å². The number of nitrogens with one attached hydrogen (secondary N) is 1. The van der Waals surface area contributed by atoms with Gasteiger partial charge >= 0.3 is 200 Å². The second-order valence-electron chi connectivity index (χ2n) is 7.20. The van der Waals surface area contributed by atoms with Crippen LogP contribution < -0.4 is 4.72 Å². The Kier molecular flexibility index (Phi) is 10.4. The van der Waals surface area contributed by atoms with E-state index in [0.29, 0.717) is 22.8 Å². The van der Waals surface area contributed by atoms with Gasteiger partial charge in [0.05, 0.1) is 0 Å². The Morgan fingerprint density at radius 2 is 1.65 bits per heavy atom. The molecule has 0 radical (unpaired) electrons. The summed E-state index contributed by atoms with van der Waals surface area (Å²) in [4.78, 5) is 0.158. The van der Waals surface area contributed by atoms with E-state index in [0.717, 1.165) is 5.56 Å². The third kappa shape index (κ3) is 8.53. The van der Waals surface area contributed by atoms with Crippen molar-refractivity contribution in [2.75, 3.05) is 6.54 Å². The molecule has 0 heterocycles. The van der Waals surface area contributed by atoms with Crippen molar-refractivity contribution in [3.05, 3.63) is 63.7 Å². The van der Waals surface area contributed by atoms with Crippen LogP contribution in [0.3, 0.4) is 0 Å². The first-order valence-electron chi connectivity index (χ1n) is 10.2. The molecule has 1 N–H and O–H groups in total. The summed E-state index contributed by atoms with van der Waals surface area (Å²) in [5.74, 6) is 2.60. The van der Waals surface area contributed by atoms with Crippen molar-refractivity contribution >= 4 is 40.4 Å². The van der Waals surface area contributed by atoms with Crippen LogP contribution in [0.2, 0.25) is 0 Å². The molecule has 0 aliphatic rings. The molecule has 0 spiro atoms. The molecular weight excluding hydrogens is 606 g/mol. The average Bonchev–Trinajstić information content (AvgIpc) is 2.77. The zero-order valence-corrected chi connectivity index (χ0v) is 22.3. The van der Waals surface area contributed by atoms with E-state index < -0.39 is 45.9 Å². The third-order valence-electron chi connectivity index (χ3n) is 4.55. The van der Waals surface area contributed by atoms with Crippen LogP contribution in [0, 0.1) is 26.3 Å². The van der Waals surface area contributed by atoms with E-state index in [1.54, 1.807) is 30.3 Å². The Labute approximate surface area is 206 Å². The topological polar surface area (TPSA) is 89.5 Å². The predicted octanol–water partition coefficient (Wildman–Crippen LogP) is 5.20. The van der Waals surface area contributed by atoms with Crippen LogP contribution in [0.4, 0.5) is 13.2 Å². The predicted molar refractivity (Wildman–Crippen MR) is 132 cm³/mol. The molecule has 1 unspecified atom stereocenters. The van der Waals surface area contributed by atoms with Crippen molar-refractivity contribution in [3.63, 3.8) is 0 Å². The van der Waals surface area contributed by atoms with E-state index in [-0.39, 0.29) is 17.4 Å². The Bertz CT molecular complexity index is 1210. The summed E-state index contributed by atoms with van der Waals surface area (Å²) >= 11 is -3.49. The Balaban J connectivity index is 2.05. The first-order valence-corrected chi connectivity index (χ1v) is 16.1. The van der Waals surface area contributed by atoms with Gasteiger partial charge in [-0.3, -0.25) is 0 Å². The van der Waals surface area contributed by atoms with Crippen LogP contribution in [-0.2, 0) is 22.7 Å². The molecule has 2 aromatic carbocycles. The number of sulfonamides is 1. The minimum absolute atomic E-state index is 0.158. The molecule has 6 nitrogen and oxygen atoms in total. The van der Waals surface area contributed by atoms with Gasteiger partial charge in [-0.1, -0.05) is 0 Å². The molecule has 2 aromatic rings. The van der Waals surface area contributed by atoms with Gasteiger partial charge in [-0.2, -0.15) is 0 Å². The second-order valence-corrected chi connectivity index (χ2v) is 14.8.